The van der Waals surface area contributed by atoms with E-state index in [1.807, 2.05) is 0 Å². The molecule has 3 heterocycles. The highest BCUT2D eigenvalue weighted by molar-refractivity contribution is 8.02. The molecule has 0 atom stereocenters. The van der Waals surface area contributed by atoms with Crippen LogP contribution in [0.15, 0.2) is 28.5 Å². The van der Waals surface area contributed by atoms with Crippen molar-refractivity contribution in [1.29, 1.82) is 5.26 Å². The second-order valence-electron chi connectivity index (χ2n) is 5.28. The fourth-order valence-corrected chi connectivity index (χ4v) is 4.64. The zero-order valence-corrected chi connectivity index (χ0v) is 14.4. The molecule has 0 aliphatic carbocycles. The number of thiophene rings is 1. The Morgan fingerprint density at radius 1 is 1.32 bits per heavy atom. The number of anilines is 2. The lowest BCUT2D eigenvalue weighted by Crippen LogP contribution is -2.40. The topological polar surface area (TPSA) is 91.7 Å². The van der Waals surface area contributed by atoms with Crippen LogP contribution < -0.4 is 19.7 Å². The van der Waals surface area contributed by atoms with E-state index in [2.05, 4.69) is 11.4 Å². The Morgan fingerprint density at radius 3 is 3.00 bits per heavy atom. The fraction of sp³-hybridized carbons (Fsp3) is 0.188. The van der Waals surface area contributed by atoms with Gasteiger partial charge >= 0.3 is 0 Å². The lowest BCUT2D eigenvalue weighted by atomic mass is 10.2. The Kier molecular flexibility index (Phi) is 3.99. The van der Waals surface area contributed by atoms with Gasteiger partial charge in [-0.25, -0.2) is 0 Å². The van der Waals surface area contributed by atoms with E-state index in [1.54, 1.807) is 24.3 Å². The molecule has 7 nitrogen and oxygen atoms in total. The second kappa shape index (κ2) is 6.31. The Balaban J connectivity index is 1.50. The number of nitrogens with zero attached hydrogens (tertiary/aromatic N) is 2. The Bertz CT molecular complexity index is 919. The lowest BCUT2D eigenvalue weighted by molar-refractivity contribution is -0.120. The smallest absolute Gasteiger partial charge is 0.244 e. The Labute approximate surface area is 151 Å². The van der Waals surface area contributed by atoms with Gasteiger partial charge in [0, 0.05) is 11.8 Å². The first-order valence-corrected chi connectivity index (χ1v) is 9.11. The van der Waals surface area contributed by atoms with Crippen LogP contribution in [0.2, 0.25) is 0 Å². The summed E-state index contributed by atoms with van der Waals surface area (Å²) in [6.07, 6.45) is 0. The summed E-state index contributed by atoms with van der Waals surface area (Å²) in [5.74, 6) is 0.987. The first kappa shape index (κ1) is 15.8. The average Bonchev–Trinajstić information content (AvgIpc) is 3.23. The van der Waals surface area contributed by atoms with Crippen LogP contribution in [0, 0.1) is 11.3 Å². The molecule has 25 heavy (non-hydrogen) atoms. The summed E-state index contributed by atoms with van der Waals surface area (Å²) in [6, 6.07) is 8.84. The van der Waals surface area contributed by atoms with Gasteiger partial charge in [0.15, 0.2) is 11.5 Å². The van der Waals surface area contributed by atoms with E-state index in [0.717, 1.165) is 4.21 Å². The van der Waals surface area contributed by atoms with Crippen molar-refractivity contribution in [2.45, 2.75) is 4.21 Å². The monoisotopic (exact) mass is 373 g/mol. The van der Waals surface area contributed by atoms with Gasteiger partial charge in [-0.15, -0.1) is 23.1 Å². The van der Waals surface area contributed by atoms with Gasteiger partial charge in [-0.05, 0) is 18.2 Å². The predicted octanol–water partition coefficient (Wildman–Crippen LogP) is 2.43. The normalized spacial score (nSPS) is 14.8. The van der Waals surface area contributed by atoms with Gasteiger partial charge in [0.2, 0.25) is 18.6 Å². The quantitative estimate of drug-likeness (QED) is 0.888. The highest BCUT2D eigenvalue weighted by Crippen LogP contribution is 2.41. The average molecular weight is 373 g/mol. The first-order valence-electron chi connectivity index (χ1n) is 7.30. The van der Waals surface area contributed by atoms with Crippen molar-refractivity contribution >= 4 is 46.3 Å². The predicted molar refractivity (Wildman–Crippen MR) is 93.3 cm³/mol. The van der Waals surface area contributed by atoms with E-state index in [4.69, 9.17) is 14.7 Å². The van der Waals surface area contributed by atoms with Crippen LogP contribution in [0.4, 0.5) is 11.4 Å². The van der Waals surface area contributed by atoms with Gasteiger partial charge in [-0.2, -0.15) is 5.26 Å². The van der Waals surface area contributed by atoms with Crippen LogP contribution in [0.3, 0.4) is 0 Å². The van der Waals surface area contributed by atoms with E-state index in [-0.39, 0.29) is 30.9 Å². The van der Waals surface area contributed by atoms with Gasteiger partial charge in [0.1, 0.15) is 17.5 Å². The number of fused-ring (bicyclic) bond motifs is 2. The summed E-state index contributed by atoms with van der Waals surface area (Å²) in [5.41, 5.74) is 1.19. The SMILES string of the molecule is N#Cc1cc2c(s1)SCC(=O)N2CC(=O)Nc1ccc2c(c1)OCO2. The molecule has 2 aromatic rings. The first-order chi connectivity index (χ1) is 12.1. The van der Waals surface area contributed by atoms with E-state index >= 15 is 0 Å². The Hall–Kier alpha value is -2.70. The molecular formula is C16H11N3O4S2. The molecule has 4 rings (SSSR count). The number of hydrogen-bond donors (Lipinski definition) is 1. The molecule has 1 aromatic carbocycles. The van der Waals surface area contributed by atoms with Gasteiger partial charge in [0.25, 0.3) is 0 Å². The number of carbonyl (C=O) groups is 2. The summed E-state index contributed by atoms with van der Waals surface area (Å²) in [7, 11) is 0. The van der Waals surface area contributed by atoms with Gasteiger partial charge < -0.3 is 19.7 Å². The minimum Gasteiger partial charge on any atom is -0.454 e. The van der Waals surface area contributed by atoms with E-state index in [1.165, 1.54) is 28.0 Å². The van der Waals surface area contributed by atoms with Crippen LogP contribution in [0.25, 0.3) is 0 Å². The largest absolute Gasteiger partial charge is 0.454 e. The molecule has 1 aromatic heterocycles. The molecule has 2 amide bonds. The molecule has 0 spiro atoms. The molecule has 0 saturated heterocycles. The number of amides is 2. The number of nitriles is 1. The molecule has 0 radical (unpaired) electrons. The van der Waals surface area contributed by atoms with E-state index in [9.17, 15) is 9.59 Å². The molecule has 2 aliphatic rings. The van der Waals surface area contributed by atoms with Crippen LogP contribution in [-0.4, -0.2) is 30.9 Å². The summed E-state index contributed by atoms with van der Waals surface area (Å²) in [4.78, 5) is 26.5. The third-order valence-corrected chi connectivity index (χ3v) is 5.96. The minimum atomic E-state index is -0.324. The molecule has 2 aliphatic heterocycles. The highest BCUT2D eigenvalue weighted by atomic mass is 32.2. The van der Waals surface area contributed by atoms with Crippen molar-refractivity contribution in [3.63, 3.8) is 0 Å². The van der Waals surface area contributed by atoms with Gasteiger partial charge in [-0.3, -0.25) is 9.59 Å². The molecule has 0 fully saturated rings. The number of thioether (sulfide) groups is 1. The molecule has 0 unspecified atom stereocenters. The van der Waals surface area contributed by atoms with Crippen molar-refractivity contribution in [3.05, 3.63) is 29.1 Å². The maximum atomic E-state index is 12.4. The lowest BCUT2D eigenvalue weighted by Gasteiger charge is -2.25. The van der Waals surface area contributed by atoms with Crippen LogP contribution in [0.5, 0.6) is 11.5 Å². The van der Waals surface area contributed by atoms with Crippen molar-refractivity contribution in [1.82, 2.24) is 0 Å². The summed E-state index contributed by atoms with van der Waals surface area (Å²) in [5, 5.41) is 11.8. The molecule has 1 N–H and O–H groups in total. The third-order valence-electron chi connectivity index (χ3n) is 3.67. The summed E-state index contributed by atoms with van der Waals surface area (Å²) < 4.78 is 11.4. The molecular weight excluding hydrogens is 362 g/mol. The zero-order valence-electron chi connectivity index (χ0n) is 12.8. The fourth-order valence-electron chi connectivity index (χ4n) is 2.54. The van der Waals surface area contributed by atoms with Crippen molar-refractivity contribution in [2.24, 2.45) is 0 Å². The van der Waals surface area contributed by atoms with E-state index < -0.39 is 0 Å². The maximum absolute atomic E-state index is 12.4. The van der Waals surface area contributed by atoms with Gasteiger partial charge in [0.05, 0.1) is 15.6 Å². The maximum Gasteiger partial charge on any atom is 0.244 e. The number of ether oxygens (including phenoxy) is 2. The van der Waals surface area contributed by atoms with Crippen molar-refractivity contribution < 1.29 is 19.1 Å². The highest BCUT2D eigenvalue weighted by Gasteiger charge is 2.29. The molecule has 126 valence electrons. The Morgan fingerprint density at radius 2 is 2.16 bits per heavy atom. The summed E-state index contributed by atoms with van der Waals surface area (Å²) in [6.45, 7) is 0.0529. The number of rotatable bonds is 3. The van der Waals surface area contributed by atoms with Crippen molar-refractivity contribution in [2.75, 3.05) is 29.3 Å². The molecule has 0 saturated carbocycles. The molecule has 0 bridgehead atoms. The van der Waals surface area contributed by atoms with Crippen molar-refractivity contribution in [3.8, 4) is 17.6 Å². The number of carbonyl (C=O) groups excluding carboxylic acids is 2. The van der Waals surface area contributed by atoms with Crippen LogP contribution in [-0.2, 0) is 9.59 Å². The summed E-state index contributed by atoms with van der Waals surface area (Å²) >= 11 is 2.73. The molecule has 9 heteroatoms. The third kappa shape index (κ3) is 3.01. The minimum absolute atomic E-state index is 0.109. The van der Waals surface area contributed by atoms with Crippen LogP contribution in [0.1, 0.15) is 4.88 Å². The number of nitrogens with one attached hydrogen (secondary N) is 1. The van der Waals surface area contributed by atoms with Crippen LogP contribution >= 0.6 is 23.1 Å². The number of hydrogen-bond acceptors (Lipinski definition) is 7. The zero-order chi connectivity index (χ0) is 17.4. The standard InChI is InChI=1S/C16H11N3O4S2/c17-5-10-4-11-16(25-10)24-7-15(21)19(11)6-14(20)18-9-1-2-12-13(3-9)23-8-22-12/h1-4H,6-8H2,(H,18,20). The van der Waals surface area contributed by atoms with Gasteiger partial charge in [-0.1, -0.05) is 0 Å². The van der Waals surface area contributed by atoms with E-state index in [0.29, 0.717) is 27.8 Å². The second-order valence-corrected chi connectivity index (χ2v) is 7.58. The number of benzene rings is 1.